The van der Waals surface area contributed by atoms with Crippen molar-refractivity contribution in [1.29, 1.82) is 5.26 Å². The molecule has 3 aromatic rings. The van der Waals surface area contributed by atoms with Crippen LogP contribution in [0.5, 0.6) is 0 Å². The Kier molecular flexibility index (Phi) is 4.33. The van der Waals surface area contributed by atoms with Gasteiger partial charge in [0.15, 0.2) is 11.4 Å². The minimum Gasteiger partial charge on any atom is -0.458 e. The highest BCUT2D eigenvalue weighted by Crippen LogP contribution is 2.40. The van der Waals surface area contributed by atoms with E-state index < -0.39 is 24.0 Å². The number of aromatic nitrogens is 3. The topological polar surface area (TPSA) is 96.2 Å². The minimum absolute atomic E-state index is 0.0772. The average molecular weight is 403 g/mol. The first-order valence-electron chi connectivity index (χ1n) is 8.93. The van der Waals surface area contributed by atoms with Crippen LogP contribution in [-0.2, 0) is 0 Å². The standard InChI is InChI=1S/C19H16F3N5O2/c1-9-5-14(15-12(7-23)6-10(2)29-15)25-17-13(8-24-27(9)17)18(28)26-16(11-3-4-11)19(20,21)22/h5-6,8,11,16H,3-4H2,1-2H3,(H,26,28). The summed E-state index contributed by atoms with van der Waals surface area (Å²) in [5, 5.41) is 15.4. The monoisotopic (exact) mass is 403 g/mol. The van der Waals surface area contributed by atoms with Gasteiger partial charge in [-0.15, -0.1) is 0 Å². The van der Waals surface area contributed by atoms with Gasteiger partial charge >= 0.3 is 6.18 Å². The van der Waals surface area contributed by atoms with Crippen molar-refractivity contribution in [3.05, 3.63) is 40.9 Å². The number of carbonyl (C=O) groups is 1. The Balaban J connectivity index is 1.75. The first-order chi connectivity index (χ1) is 13.7. The number of nitriles is 1. The van der Waals surface area contributed by atoms with Crippen LogP contribution in [0.25, 0.3) is 17.1 Å². The Labute approximate surface area is 163 Å². The highest BCUT2D eigenvalue weighted by molar-refractivity contribution is 6.00. The number of aryl methyl sites for hydroxylation is 2. The largest absolute Gasteiger partial charge is 0.458 e. The van der Waals surface area contributed by atoms with Crippen molar-refractivity contribution in [3.8, 4) is 17.5 Å². The van der Waals surface area contributed by atoms with Crippen molar-refractivity contribution in [2.45, 2.75) is 38.9 Å². The van der Waals surface area contributed by atoms with E-state index in [4.69, 9.17) is 4.42 Å². The van der Waals surface area contributed by atoms with Crippen LogP contribution in [0, 0.1) is 31.1 Å². The molecule has 1 atom stereocenters. The highest BCUT2D eigenvalue weighted by Gasteiger charge is 2.49. The van der Waals surface area contributed by atoms with Gasteiger partial charge in [0.25, 0.3) is 5.91 Å². The summed E-state index contributed by atoms with van der Waals surface area (Å²) < 4.78 is 46.7. The molecule has 0 saturated heterocycles. The lowest BCUT2D eigenvalue weighted by Crippen LogP contribution is -2.46. The maximum atomic E-state index is 13.3. The fourth-order valence-electron chi connectivity index (χ4n) is 3.29. The number of nitrogens with one attached hydrogen (secondary N) is 1. The van der Waals surface area contributed by atoms with Crippen molar-refractivity contribution < 1.29 is 22.4 Å². The molecular formula is C19H16F3N5O2. The summed E-state index contributed by atoms with van der Waals surface area (Å²) in [6.45, 7) is 3.39. The Hall–Kier alpha value is -3.35. The summed E-state index contributed by atoms with van der Waals surface area (Å²) in [6, 6.07) is 3.31. The van der Waals surface area contributed by atoms with Crippen molar-refractivity contribution in [2.24, 2.45) is 5.92 Å². The molecule has 4 rings (SSSR count). The van der Waals surface area contributed by atoms with E-state index >= 15 is 0 Å². The molecule has 29 heavy (non-hydrogen) atoms. The Morgan fingerprint density at radius 2 is 2.10 bits per heavy atom. The number of hydrogen-bond acceptors (Lipinski definition) is 5. The van der Waals surface area contributed by atoms with E-state index in [1.807, 2.05) is 6.07 Å². The van der Waals surface area contributed by atoms with E-state index in [1.165, 1.54) is 10.7 Å². The van der Waals surface area contributed by atoms with Gasteiger partial charge in [-0.05, 0) is 44.7 Å². The van der Waals surface area contributed by atoms with Crippen LogP contribution in [-0.4, -0.2) is 32.7 Å². The molecule has 1 N–H and O–H groups in total. The molecule has 1 saturated carbocycles. The summed E-state index contributed by atoms with van der Waals surface area (Å²) in [6.07, 6.45) is -2.49. The lowest BCUT2D eigenvalue weighted by Gasteiger charge is -2.20. The fourth-order valence-corrected chi connectivity index (χ4v) is 3.29. The number of nitrogens with zero attached hydrogens (tertiary/aromatic N) is 4. The third-order valence-corrected chi connectivity index (χ3v) is 4.84. The van der Waals surface area contributed by atoms with Crippen LogP contribution in [0.1, 0.15) is 40.2 Å². The van der Waals surface area contributed by atoms with E-state index in [-0.39, 0.29) is 22.5 Å². The fraction of sp³-hybridized carbons (Fsp3) is 0.368. The van der Waals surface area contributed by atoms with E-state index in [1.54, 1.807) is 26.0 Å². The first kappa shape index (κ1) is 19.0. The molecule has 0 spiro atoms. The SMILES string of the molecule is Cc1cc(C#N)c(-c2cc(C)n3ncc(C(=O)NC(C4CC4)C(F)(F)F)c3n2)o1. The van der Waals surface area contributed by atoms with Crippen LogP contribution < -0.4 is 5.32 Å². The van der Waals surface area contributed by atoms with Gasteiger partial charge in [-0.1, -0.05) is 0 Å². The van der Waals surface area contributed by atoms with E-state index in [9.17, 15) is 23.2 Å². The third kappa shape index (κ3) is 3.44. The second-order valence-corrected chi connectivity index (χ2v) is 7.12. The molecule has 0 aliphatic heterocycles. The van der Waals surface area contributed by atoms with Gasteiger partial charge in [0, 0.05) is 5.69 Å². The molecule has 3 heterocycles. The second-order valence-electron chi connectivity index (χ2n) is 7.12. The lowest BCUT2D eigenvalue weighted by molar-refractivity contribution is -0.158. The predicted molar refractivity (Wildman–Crippen MR) is 94.9 cm³/mol. The molecule has 0 aromatic carbocycles. The van der Waals surface area contributed by atoms with Crippen molar-refractivity contribution in [2.75, 3.05) is 0 Å². The van der Waals surface area contributed by atoms with Gasteiger partial charge in [-0.3, -0.25) is 4.79 Å². The summed E-state index contributed by atoms with van der Waals surface area (Å²) in [4.78, 5) is 17.0. The number of alkyl halides is 3. The molecule has 1 fully saturated rings. The minimum atomic E-state index is -4.53. The van der Waals surface area contributed by atoms with Gasteiger partial charge in [-0.2, -0.15) is 23.5 Å². The molecule has 150 valence electrons. The molecule has 0 radical (unpaired) electrons. The van der Waals surface area contributed by atoms with Crippen LogP contribution >= 0.6 is 0 Å². The summed E-state index contributed by atoms with van der Waals surface area (Å²) in [5.41, 5.74) is 1.16. The number of rotatable bonds is 4. The molecule has 1 aliphatic rings. The second kappa shape index (κ2) is 6.62. The van der Waals surface area contributed by atoms with Gasteiger partial charge in [0.05, 0.1) is 6.20 Å². The van der Waals surface area contributed by atoms with Crippen molar-refractivity contribution in [3.63, 3.8) is 0 Å². The molecule has 1 unspecified atom stereocenters. The van der Waals surface area contributed by atoms with Crippen LogP contribution in [0.3, 0.4) is 0 Å². The van der Waals surface area contributed by atoms with E-state index in [2.05, 4.69) is 15.4 Å². The number of carbonyl (C=O) groups excluding carboxylic acids is 1. The van der Waals surface area contributed by atoms with E-state index in [0.717, 1.165) is 0 Å². The highest BCUT2D eigenvalue weighted by atomic mass is 19.4. The number of halogens is 3. The summed E-state index contributed by atoms with van der Waals surface area (Å²) in [5.74, 6) is -0.751. The summed E-state index contributed by atoms with van der Waals surface area (Å²) in [7, 11) is 0. The maximum absolute atomic E-state index is 13.3. The van der Waals surface area contributed by atoms with Crippen LogP contribution in [0.4, 0.5) is 13.2 Å². The van der Waals surface area contributed by atoms with Gasteiger partial charge in [-0.25, -0.2) is 9.50 Å². The zero-order valence-electron chi connectivity index (χ0n) is 15.5. The van der Waals surface area contributed by atoms with Gasteiger partial charge in [0.2, 0.25) is 0 Å². The first-order valence-corrected chi connectivity index (χ1v) is 8.93. The average Bonchev–Trinajstić information content (AvgIpc) is 3.26. The smallest absolute Gasteiger partial charge is 0.408 e. The Morgan fingerprint density at radius 3 is 2.72 bits per heavy atom. The Bertz CT molecular complexity index is 1150. The third-order valence-electron chi connectivity index (χ3n) is 4.84. The quantitative estimate of drug-likeness (QED) is 0.719. The number of fused-ring (bicyclic) bond motifs is 1. The predicted octanol–water partition coefficient (Wildman–Crippen LogP) is 3.55. The molecule has 7 nitrogen and oxygen atoms in total. The Morgan fingerprint density at radius 1 is 1.38 bits per heavy atom. The molecule has 10 heteroatoms. The number of furan rings is 1. The molecule has 3 aromatic heterocycles. The van der Waals surface area contributed by atoms with Gasteiger partial charge in [0.1, 0.15) is 34.7 Å². The molecular weight excluding hydrogens is 387 g/mol. The summed E-state index contributed by atoms with van der Waals surface area (Å²) >= 11 is 0. The lowest BCUT2D eigenvalue weighted by atomic mass is 10.1. The van der Waals surface area contributed by atoms with Crippen molar-refractivity contribution in [1.82, 2.24) is 19.9 Å². The molecule has 1 aliphatic carbocycles. The molecule has 1 amide bonds. The van der Waals surface area contributed by atoms with Crippen LogP contribution in [0.2, 0.25) is 0 Å². The van der Waals surface area contributed by atoms with Gasteiger partial charge < -0.3 is 9.73 Å². The zero-order chi connectivity index (χ0) is 20.9. The number of hydrogen-bond donors (Lipinski definition) is 1. The maximum Gasteiger partial charge on any atom is 0.408 e. The normalized spacial score (nSPS) is 15.3. The van der Waals surface area contributed by atoms with E-state index in [0.29, 0.717) is 30.0 Å². The molecule has 0 bridgehead atoms. The number of amides is 1. The van der Waals surface area contributed by atoms with Crippen LogP contribution in [0.15, 0.2) is 22.7 Å². The zero-order valence-corrected chi connectivity index (χ0v) is 15.5. The van der Waals surface area contributed by atoms with Crippen molar-refractivity contribution >= 4 is 11.6 Å².